The summed E-state index contributed by atoms with van der Waals surface area (Å²) >= 11 is 0. The third-order valence-corrected chi connectivity index (χ3v) is 5.74. The lowest BCUT2D eigenvalue weighted by molar-refractivity contribution is -0.0111. The van der Waals surface area contributed by atoms with Crippen molar-refractivity contribution in [1.82, 2.24) is 0 Å². The van der Waals surface area contributed by atoms with Crippen LogP contribution in [0.5, 0.6) is 11.5 Å². The van der Waals surface area contributed by atoms with Crippen molar-refractivity contribution in [2.75, 3.05) is 53.4 Å². The predicted molar refractivity (Wildman–Crippen MR) is 138 cm³/mol. The first-order valence-electron chi connectivity index (χ1n) is 12.4. The molecule has 196 valence electrons. The van der Waals surface area contributed by atoms with E-state index >= 15 is 0 Å². The molecule has 0 radical (unpaired) electrons. The van der Waals surface area contributed by atoms with Crippen molar-refractivity contribution in [3.8, 4) is 11.5 Å². The number of unbranched alkanes of at least 4 members (excludes halogenated alkanes) is 1. The highest BCUT2D eigenvalue weighted by Gasteiger charge is 2.23. The third-order valence-electron chi connectivity index (χ3n) is 5.74. The summed E-state index contributed by atoms with van der Waals surface area (Å²) in [6.07, 6.45) is 1.07. The van der Waals surface area contributed by atoms with Gasteiger partial charge in [0, 0.05) is 19.1 Å². The van der Waals surface area contributed by atoms with E-state index in [2.05, 4.69) is 32.9 Å². The van der Waals surface area contributed by atoms with Gasteiger partial charge in [-0.1, -0.05) is 51.5 Å². The van der Waals surface area contributed by atoms with Crippen molar-refractivity contribution in [2.45, 2.75) is 51.2 Å². The maximum absolute atomic E-state index is 10.1. The molecular formula is C28H43O7+. The van der Waals surface area contributed by atoms with E-state index in [0.717, 1.165) is 36.3 Å². The van der Waals surface area contributed by atoms with E-state index in [1.54, 1.807) is 7.11 Å². The molecule has 2 aromatic carbocycles. The van der Waals surface area contributed by atoms with Crippen LogP contribution in [0.15, 0.2) is 48.5 Å². The molecule has 0 aliphatic rings. The van der Waals surface area contributed by atoms with Crippen molar-refractivity contribution in [3.05, 3.63) is 59.7 Å². The maximum atomic E-state index is 10.1. The zero-order valence-electron chi connectivity index (χ0n) is 21.6. The lowest BCUT2D eigenvalue weighted by Gasteiger charge is -2.26. The Morgan fingerprint density at radius 3 is 1.86 bits per heavy atom. The van der Waals surface area contributed by atoms with Gasteiger partial charge in [0.2, 0.25) is 6.10 Å². The molecule has 2 unspecified atom stereocenters. The minimum Gasteiger partial charge on any atom is -0.491 e. The average molecular weight is 492 g/mol. The van der Waals surface area contributed by atoms with E-state index in [1.165, 1.54) is 0 Å². The second-order valence-corrected chi connectivity index (χ2v) is 9.14. The van der Waals surface area contributed by atoms with Crippen molar-refractivity contribution < 1.29 is 33.9 Å². The van der Waals surface area contributed by atoms with Crippen LogP contribution in [0.1, 0.15) is 44.7 Å². The number of benzene rings is 2. The first-order chi connectivity index (χ1) is 16.9. The van der Waals surface area contributed by atoms with Crippen LogP contribution < -0.4 is 9.47 Å². The molecule has 35 heavy (non-hydrogen) atoms. The van der Waals surface area contributed by atoms with Crippen LogP contribution in [0, 0.1) is 0 Å². The largest absolute Gasteiger partial charge is 0.491 e. The normalized spacial score (nSPS) is 13.4. The molecule has 7 nitrogen and oxygen atoms in total. The number of methoxy groups -OCH3 is 1. The first kappa shape index (κ1) is 29.1. The van der Waals surface area contributed by atoms with Crippen molar-refractivity contribution in [1.29, 1.82) is 0 Å². The summed E-state index contributed by atoms with van der Waals surface area (Å²) < 4.78 is 27.3. The van der Waals surface area contributed by atoms with E-state index in [-0.39, 0.29) is 18.6 Å². The SMILES string of the molecule is CCCCOCCOCC(O)COc1ccc(C(C)(C)c2ccc(OCC([OH2+])COC)cc2)cc1. The van der Waals surface area contributed by atoms with Crippen molar-refractivity contribution >= 4 is 0 Å². The summed E-state index contributed by atoms with van der Waals surface area (Å²) in [5.41, 5.74) is 2.10. The van der Waals surface area contributed by atoms with Gasteiger partial charge in [0.1, 0.15) is 30.8 Å². The van der Waals surface area contributed by atoms with Crippen LogP contribution in [0.2, 0.25) is 0 Å². The zero-order valence-corrected chi connectivity index (χ0v) is 21.6. The first-order valence-corrected chi connectivity index (χ1v) is 12.4. The topological polar surface area (TPSA) is 89.3 Å². The van der Waals surface area contributed by atoms with Gasteiger partial charge in [-0.25, -0.2) is 0 Å². The molecule has 0 heterocycles. The highest BCUT2D eigenvalue weighted by molar-refractivity contribution is 5.41. The molecule has 7 heteroatoms. The fraction of sp³-hybridized carbons (Fsp3) is 0.571. The molecule has 0 spiro atoms. The second-order valence-electron chi connectivity index (χ2n) is 9.14. The minimum absolute atomic E-state index is 0.171. The third kappa shape index (κ3) is 10.5. The predicted octanol–water partition coefficient (Wildman–Crippen LogP) is 3.70. The second kappa shape index (κ2) is 15.8. The molecule has 2 aromatic rings. The molecule has 0 saturated carbocycles. The maximum Gasteiger partial charge on any atom is 0.212 e. The molecule has 0 amide bonds. The van der Waals surface area contributed by atoms with E-state index in [9.17, 15) is 5.11 Å². The lowest BCUT2D eigenvalue weighted by Crippen LogP contribution is -2.24. The Balaban J connectivity index is 1.79. The van der Waals surface area contributed by atoms with Crippen LogP contribution >= 0.6 is 0 Å². The lowest BCUT2D eigenvalue weighted by atomic mass is 9.78. The van der Waals surface area contributed by atoms with Gasteiger partial charge in [0.05, 0.1) is 19.8 Å². The number of aliphatic hydroxyl groups is 1. The van der Waals surface area contributed by atoms with Crippen LogP contribution in [-0.2, 0) is 19.6 Å². The Hall–Kier alpha value is -2.16. The highest BCUT2D eigenvalue weighted by Crippen LogP contribution is 2.33. The smallest absolute Gasteiger partial charge is 0.212 e. The number of ether oxygens (including phenoxy) is 5. The van der Waals surface area contributed by atoms with Gasteiger partial charge in [-0.2, -0.15) is 0 Å². The molecular weight excluding hydrogens is 448 g/mol. The number of rotatable bonds is 18. The van der Waals surface area contributed by atoms with Crippen molar-refractivity contribution in [2.24, 2.45) is 0 Å². The van der Waals surface area contributed by atoms with Crippen molar-refractivity contribution in [3.63, 3.8) is 0 Å². The summed E-state index contributed by atoms with van der Waals surface area (Å²) in [6.45, 7) is 9.27. The molecule has 0 fully saturated rings. The van der Waals surface area contributed by atoms with E-state index in [1.807, 2.05) is 36.4 Å². The molecule has 0 aliphatic heterocycles. The van der Waals surface area contributed by atoms with Gasteiger partial charge in [-0.15, -0.1) is 0 Å². The van der Waals surface area contributed by atoms with Crippen LogP contribution in [0.25, 0.3) is 0 Å². The highest BCUT2D eigenvalue weighted by atomic mass is 16.5. The molecule has 3 N–H and O–H groups in total. The fourth-order valence-electron chi connectivity index (χ4n) is 3.47. The summed E-state index contributed by atoms with van der Waals surface area (Å²) in [7, 11) is 1.59. The van der Waals surface area contributed by atoms with Gasteiger partial charge in [-0.05, 0) is 41.8 Å². The summed E-state index contributed by atoms with van der Waals surface area (Å²) in [5, 5.41) is 17.9. The minimum atomic E-state index is -0.692. The van der Waals surface area contributed by atoms with Gasteiger partial charge in [0.15, 0.2) is 6.61 Å². The fourth-order valence-corrected chi connectivity index (χ4v) is 3.47. The number of hydrogen-bond donors (Lipinski definition) is 1. The summed E-state index contributed by atoms with van der Waals surface area (Å²) in [6, 6.07) is 15.9. The Kier molecular flexibility index (Phi) is 13.1. The van der Waals surface area contributed by atoms with Crippen LogP contribution in [0.3, 0.4) is 0 Å². The van der Waals surface area contributed by atoms with Gasteiger partial charge in [-0.3, -0.25) is 0 Å². The molecule has 0 aliphatic carbocycles. The summed E-state index contributed by atoms with van der Waals surface area (Å²) in [4.78, 5) is 0. The Bertz CT molecular complexity index is 805. The molecule has 0 bridgehead atoms. The summed E-state index contributed by atoms with van der Waals surface area (Å²) in [5.74, 6) is 1.45. The molecule has 0 aromatic heterocycles. The van der Waals surface area contributed by atoms with E-state index in [4.69, 9.17) is 28.8 Å². The van der Waals surface area contributed by atoms with Gasteiger partial charge in [0.25, 0.3) is 0 Å². The van der Waals surface area contributed by atoms with Crippen LogP contribution in [0.4, 0.5) is 0 Å². The van der Waals surface area contributed by atoms with Crippen LogP contribution in [-0.4, -0.2) is 75.8 Å². The molecule has 2 atom stereocenters. The molecule has 2 rings (SSSR count). The monoisotopic (exact) mass is 491 g/mol. The standard InChI is InChI=1S/C28H42O7/c1-5-6-15-32-16-17-33-19-25(30)21-35-27-13-9-23(10-14-27)28(2,3)22-7-11-26(12-8-22)34-20-24(29)18-31-4/h7-14,24-25,29-30H,5-6,15-21H2,1-4H3/p+1. The average Bonchev–Trinajstić information content (AvgIpc) is 2.86. The van der Waals surface area contributed by atoms with E-state index in [0.29, 0.717) is 32.2 Å². The number of hydrogen-bond acceptors (Lipinski definition) is 6. The van der Waals surface area contributed by atoms with E-state index < -0.39 is 12.2 Å². The quantitative estimate of drug-likeness (QED) is 0.253. The molecule has 0 saturated heterocycles. The zero-order chi connectivity index (χ0) is 25.5. The van der Waals surface area contributed by atoms with Gasteiger partial charge >= 0.3 is 0 Å². The number of aliphatic hydroxyl groups excluding tert-OH is 1. The Labute approximate surface area is 209 Å². The van der Waals surface area contributed by atoms with Gasteiger partial charge < -0.3 is 33.9 Å². The Morgan fingerprint density at radius 1 is 0.771 bits per heavy atom. The Morgan fingerprint density at radius 2 is 1.31 bits per heavy atom.